The zero-order chi connectivity index (χ0) is 33.3. The van der Waals surface area contributed by atoms with Gasteiger partial charge in [0.05, 0.1) is 0 Å². The molecular weight excluding hydrogens is 664 g/mol. The summed E-state index contributed by atoms with van der Waals surface area (Å²) >= 11 is 3.33. The number of pyridine rings is 1. The Bertz CT molecular complexity index is 1130. The molecule has 238 valence electrons. The summed E-state index contributed by atoms with van der Waals surface area (Å²) < 4.78 is 270. The molecule has 0 bridgehead atoms. The summed E-state index contributed by atoms with van der Waals surface area (Å²) in [7, 11) is 0. The molecule has 0 unspecified atom stereocenters. The molecule has 1 aromatic rings. The topological polar surface area (TPSA) is 42.0 Å². The molecule has 0 saturated carbocycles. The Hall–Kier alpha value is -2.49. The lowest BCUT2D eigenvalue weighted by atomic mass is 9.86. The molecular formula is C17H7ClF20N2O. The molecule has 0 radical (unpaired) electrons. The second-order valence-corrected chi connectivity index (χ2v) is 8.32. The third-order valence-corrected chi connectivity index (χ3v) is 5.19. The fraction of sp³-hybridized carbons (Fsp3) is 0.647. The zero-order valence-electron chi connectivity index (χ0n) is 18.5. The Kier molecular flexibility index (Phi) is 8.71. The molecule has 3 nitrogen and oxygen atoms in total. The molecule has 1 aromatic heterocycles. The van der Waals surface area contributed by atoms with Gasteiger partial charge < -0.3 is 5.32 Å². The molecule has 24 heteroatoms. The smallest absolute Gasteiger partial charge is 0.305 e. The van der Waals surface area contributed by atoms with Crippen LogP contribution in [-0.4, -0.2) is 69.6 Å². The number of amides is 1. The van der Waals surface area contributed by atoms with E-state index in [0.29, 0.717) is 17.6 Å². The summed E-state index contributed by atoms with van der Waals surface area (Å²) in [6, 6.07) is 1.34. The summed E-state index contributed by atoms with van der Waals surface area (Å²) in [6.45, 7) is 1.24. The van der Waals surface area contributed by atoms with E-state index in [-0.39, 0.29) is 5.56 Å². The molecule has 0 atom stereocenters. The Balaban J connectivity index is 3.70. The summed E-state index contributed by atoms with van der Waals surface area (Å²) in [5.41, 5.74) is 0.157. The van der Waals surface area contributed by atoms with Crippen LogP contribution in [0.5, 0.6) is 0 Å². The number of hydrogen-bond donors (Lipinski definition) is 1. The van der Waals surface area contributed by atoms with Gasteiger partial charge in [0.25, 0.3) is 0 Å². The van der Waals surface area contributed by atoms with Gasteiger partial charge in [-0.1, -0.05) is 6.07 Å². The molecule has 1 N–H and O–H groups in total. The maximum absolute atomic E-state index is 13.9. The highest BCUT2D eigenvalue weighted by Crippen LogP contribution is 2.66. The summed E-state index contributed by atoms with van der Waals surface area (Å²) in [5, 5.41) is -6.47. The van der Waals surface area contributed by atoms with Gasteiger partial charge in [0, 0.05) is 6.20 Å². The van der Waals surface area contributed by atoms with Crippen molar-refractivity contribution in [3.63, 3.8) is 0 Å². The van der Waals surface area contributed by atoms with Crippen LogP contribution in [0.2, 0.25) is 0 Å². The van der Waals surface area contributed by atoms with Crippen LogP contribution in [0.1, 0.15) is 5.56 Å². The van der Waals surface area contributed by atoms with Gasteiger partial charge >= 0.3 is 64.6 Å². The maximum atomic E-state index is 13.9. The van der Waals surface area contributed by atoms with Gasteiger partial charge in [-0.25, -0.2) is 4.98 Å². The number of anilines is 1. The molecule has 0 spiro atoms. The van der Waals surface area contributed by atoms with E-state index in [1.165, 1.54) is 6.92 Å². The minimum Gasteiger partial charge on any atom is -0.305 e. The quantitative estimate of drug-likeness (QED) is 0.192. The molecule has 0 fully saturated rings. The third-order valence-electron chi connectivity index (χ3n) is 4.95. The van der Waals surface area contributed by atoms with Crippen molar-refractivity contribution in [1.82, 2.24) is 4.98 Å². The van der Waals surface area contributed by atoms with Crippen molar-refractivity contribution in [3.8, 4) is 0 Å². The highest BCUT2D eigenvalue weighted by atomic mass is 35.5. The predicted octanol–water partition coefficient (Wildman–Crippen LogP) is 7.88. The van der Waals surface area contributed by atoms with E-state index in [1.807, 2.05) is 0 Å². The van der Waals surface area contributed by atoms with Crippen molar-refractivity contribution >= 4 is 23.3 Å². The third kappa shape index (κ3) is 4.87. The largest absolute Gasteiger partial charge is 0.393 e. The molecule has 0 saturated heterocycles. The molecule has 1 rings (SSSR count). The second-order valence-electron chi connectivity index (χ2n) is 7.84. The van der Waals surface area contributed by atoms with Crippen molar-refractivity contribution in [2.45, 2.75) is 65.6 Å². The molecule has 0 aliphatic carbocycles. The van der Waals surface area contributed by atoms with E-state index in [9.17, 15) is 92.6 Å². The van der Waals surface area contributed by atoms with Crippen LogP contribution in [0.4, 0.5) is 93.6 Å². The van der Waals surface area contributed by atoms with Crippen molar-refractivity contribution in [2.75, 3.05) is 5.32 Å². The SMILES string of the molecule is Cc1ccc(NC(=O)C(F)(F)C(F)(F)C(F)(F)C(F)(F)C(F)(F)C(F)(F)C(F)(F)C(F)(F)C(F)(F)C(F)(F)Cl)nc1. The predicted molar refractivity (Wildman–Crippen MR) is 92.9 cm³/mol. The first kappa shape index (κ1) is 36.5. The second kappa shape index (κ2) is 9.78. The van der Waals surface area contributed by atoms with Crippen molar-refractivity contribution < 1.29 is 92.6 Å². The number of carbonyl (C=O) groups excluding carboxylic acids is 1. The first-order valence-corrected chi connectivity index (χ1v) is 9.73. The number of aromatic nitrogens is 1. The van der Waals surface area contributed by atoms with Crippen molar-refractivity contribution in [1.29, 1.82) is 0 Å². The summed E-state index contributed by atoms with van der Waals surface area (Å²) in [5.74, 6) is -82.7. The lowest BCUT2D eigenvalue weighted by Crippen LogP contribution is -2.77. The van der Waals surface area contributed by atoms with Crippen LogP contribution >= 0.6 is 11.6 Å². The molecule has 41 heavy (non-hydrogen) atoms. The van der Waals surface area contributed by atoms with Crippen molar-refractivity contribution in [3.05, 3.63) is 23.9 Å². The van der Waals surface area contributed by atoms with Crippen molar-refractivity contribution in [2.24, 2.45) is 0 Å². The lowest BCUT2D eigenvalue weighted by molar-refractivity contribution is -0.464. The minimum atomic E-state index is -9.19. The Morgan fingerprint density at radius 3 is 1.20 bits per heavy atom. The van der Waals surface area contributed by atoms with Gasteiger partial charge in [-0.05, 0) is 30.2 Å². The van der Waals surface area contributed by atoms with Crippen LogP contribution < -0.4 is 5.32 Å². The normalized spacial score (nSPS) is 15.7. The number of nitrogens with one attached hydrogen (secondary N) is 1. The van der Waals surface area contributed by atoms with Crippen LogP contribution in [0, 0.1) is 6.92 Å². The van der Waals surface area contributed by atoms with Gasteiger partial charge in [-0.3, -0.25) is 4.79 Å². The Morgan fingerprint density at radius 1 is 0.585 bits per heavy atom. The van der Waals surface area contributed by atoms with Crippen LogP contribution in [0.3, 0.4) is 0 Å². The molecule has 1 amide bonds. The van der Waals surface area contributed by atoms with E-state index in [1.54, 1.807) is 0 Å². The van der Waals surface area contributed by atoms with E-state index >= 15 is 0 Å². The zero-order valence-corrected chi connectivity index (χ0v) is 19.3. The summed E-state index contributed by atoms with van der Waals surface area (Å²) in [6.07, 6.45) is 0.677. The first-order valence-electron chi connectivity index (χ1n) is 9.35. The highest BCUT2D eigenvalue weighted by Gasteiger charge is 2.98. The fourth-order valence-electron chi connectivity index (χ4n) is 2.44. The number of rotatable bonds is 11. The van der Waals surface area contributed by atoms with Crippen LogP contribution in [0.25, 0.3) is 0 Å². The molecule has 1 heterocycles. The number of aryl methyl sites for hydroxylation is 1. The highest BCUT2D eigenvalue weighted by molar-refractivity contribution is 6.22. The van der Waals surface area contributed by atoms with Gasteiger partial charge in [-0.2, -0.15) is 87.8 Å². The number of alkyl halides is 21. The average molecular weight is 671 g/mol. The van der Waals surface area contributed by atoms with Gasteiger partial charge in [0.1, 0.15) is 5.82 Å². The van der Waals surface area contributed by atoms with Gasteiger partial charge in [0.15, 0.2) is 0 Å². The Morgan fingerprint density at radius 2 is 0.902 bits per heavy atom. The molecule has 0 aliphatic heterocycles. The lowest BCUT2D eigenvalue weighted by Gasteiger charge is -2.44. The molecule has 0 aliphatic rings. The maximum Gasteiger partial charge on any atom is 0.393 e. The van der Waals surface area contributed by atoms with Crippen LogP contribution in [-0.2, 0) is 4.79 Å². The molecule has 0 aromatic carbocycles. The minimum absolute atomic E-state index is 0.157. The van der Waals surface area contributed by atoms with Gasteiger partial charge in [0.2, 0.25) is 0 Å². The number of hydrogen-bond acceptors (Lipinski definition) is 2. The standard InChI is InChI=1S/C17H7ClF20N2O/c1-5-2-3-6(39-4-5)40-7(41)8(19,20)9(21,22)10(23,24)11(25,26)12(27,28)13(29,30)14(31,32)15(33,34)16(35,36)17(18,37)38/h2-4H,1H3,(H,39,40,41). The number of nitrogens with zero attached hydrogens (tertiary/aromatic N) is 1. The Labute approximate surface area is 216 Å². The number of halogens is 21. The first-order chi connectivity index (χ1) is 17.6. The van der Waals surface area contributed by atoms with E-state index in [0.717, 1.165) is 6.07 Å². The summed E-state index contributed by atoms with van der Waals surface area (Å²) in [4.78, 5) is 14.4. The van der Waals surface area contributed by atoms with Gasteiger partial charge in [-0.15, -0.1) is 0 Å². The van der Waals surface area contributed by atoms with E-state index < -0.39 is 70.4 Å². The monoisotopic (exact) mass is 670 g/mol. The number of carbonyl (C=O) groups is 1. The van der Waals surface area contributed by atoms with E-state index in [2.05, 4.69) is 16.6 Å². The van der Waals surface area contributed by atoms with E-state index in [4.69, 9.17) is 0 Å². The fourth-order valence-corrected chi connectivity index (χ4v) is 2.56. The average Bonchev–Trinajstić information content (AvgIpc) is 2.78. The van der Waals surface area contributed by atoms with Crippen LogP contribution in [0.15, 0.2) is 18.3 Å².